The summed E-state index contributed by atoms with van der Waals surface area (Å²) in [6, 6.07) is 14.0. The maximum Gasteiger partial charge on any atom is 0.321 e. The van der Waals surface area contributed by atoms with Gasteiger partial charge in [0.25, 0.3) is 0 Å². The third-order valence-corrected chi connectivity index (χ3v) is 6.18. The zero-order chi connectivity index (χ0) is 21.5. The minimum Gasteiger partial charge on any atom is -0.493 e. The van der Waals surface area contributed by atoms with E-state index in [1.807, 2.05) is 29.2 Å². The Morgan fingerprint density at radius 2 is 2.26 bits per heavy atom. The first-order valence-electron chi connectivity index (χ1n) is 10.6. The molecule has 3 aromatic rings. The van der Waals surface area contributed by atoms with Crippen molar-refractivity contribution in [2.75, 3.05) is 25.0 Å². The summed E-state index contributed by atoms with van der Waals surface area (Å²) in [6.45, 7) is 4.26. The lowest BCUT2D eigenvalue weighted by Crippen LogP contribution is -2.42. The van der Waals surface area contributed by atoms with Crippen molar-refractivity contribution >= 4 is 29.1 Å². The molecular formula is C25H27N3O2S. The Kier molecular flexibility index (Phi) is 6.99. The van der Waals surface area contributed by atoms with Crippen molar-refractivity contribution in [2.45, 2.75) is 19.8 Å². The number of nitrogens with one attached hydrogen (secondary N) is 1. The fourth-order valence-electron chi connectivity index (χ4n) is 3.72. The van der Waals surface area contributed by atoms with Crippen molar-refractivity contribution in [3.05, 3.63) is 82.3 Å². The Balaban J connectivity index is 1.32. The Bertz CT molecular complexity index is 1020. The van der Waals surface area contributed by atoms with Gasteiger partial charge in [0, 0.05) is 25.7 Å². The number of carbonyl (C=O) groups excluding carboxylic acids is 1. The van der Waals surface area contributed by atoms with Crippen molar-refractivity contribution in [3.8, 4) is 5.75 Å². The third kappa shape index (κ3) is 5.95. The van der Waals surface area contributed by atoms with Crippen LogP contribution >= 0.6 is 11.3 Å². The van der Waals surface area contributed by atoms with Gasteiger partial charge in [0.15, 0.2) is 0 Å². The van der Waals surface area contributed by atoms with Crippen LogP contribution in [0.25, 0.3) is 6.08 Å². The van der Waals surface area contributed by atoms with Gasteiger partial charge in [-0.3, -0.25) is 4.98 Å². The number of anilines is 1. The number of benzene rings is 1. The number of piperidine rings is 1. The second-order valence-electron chi connectivity index (χ2n) is 7.79. The van der Waals surface area contributed by atoms with Crippen LogP contribution in [0.2, 0.25) is 0 Å². The number of pyridine rings is 1. The molecule has 0 radical (unpaired) electrons. The van der Waals surface area contributed by atoms with Crippen molar-refractivity contribution < 1.29 is 9.53 Å². The third-order valence-electron chi connectivity index (χ3n) is 5.45. The van der Waals surface area contributed by atoms with E-state index in [4.69, 9.17) is 4.74 Å². The van der Waals surface area contributed by atoms with Crippen LogP contribution in [0, 0.1) is 5.92 Å². The molecule has 31 heavy (non-hydrogen) atoms. The summed E-state index contributed by atoms with van der Waals surface area (Å²) in [5, 5.41) is 7.18. The van der Waals surface area contributed by atoms with Crippen molar-refractivity contribution in [1.29, 1.82) is 0 Å². The first-order chi connectivity index (χ1) is 15.2. The topological polar surface area (TPSA) is 54.5 Å². The predicted octanol–water partition coefficient (Wildman–Crippen LogP) is 5.72. The molecular weight excluding hydrogens is 406 g/mol. The number of carbonyl (C=O) groups is 1. The first-order valence-corrected chi connectivity index (χ1v) is 11.5. The number of rotatable bonds is 6. The molecule has 1 aliphatic rings. The van der Waals surface area contributed by atoms with Gasteiger partial charge in [0.1, 0.15) is 5.75 Å². The molecule has 1 N–H and O–H groups in total. The van der Waals surface area contributed by atoms with Gasteiger partial charge >= 0.3 is 6.03 Å². The van der Waals surface area contributed by atoms with Gasteiger partial charge in [-0.2, -0.15) is 11.3 Å². The molecule has 2 aromatic heterocycles. The van der Waals surface area contributed by atoms with Gasteiger partial charge in [-0.1, -0.05) is 30.7 Å². The average Bonchev–Trinajstić information content (AvgIpc) is 3.30. The van der Waals surface area contributed by atoms with Crippen LogP contribution in [0.4, 0.5) is 10.5 Å². The SMILES string of the molecule is CC1CN(C(=O)Nc2cccnc2)CCC1=Cc1cccc(OCCc2ccsc2)c1. The lowest BCUT2D eigenvalue weighted by Gasteiger charge is -2.33. The molecule has 160 valence electrons. The van der Waals surface area contributed by atoms with Crippen LogP contribution in [0.15, 0.2) is 71.2 Å². The number of ether oxygens (including phenoxy) is 1. The normalized spacial score (nSPS) is 17.5. The largest absolute Gasteiger partial charge is 0.493 e. The summed E-state index contributed by atoms with van der Waals surface area (Å²) >= 11 is 1.72. The van der Waals surface area contributed by atoms with E-state index in [0.717, 1.165) is 29.8 Å². The zero-order valence-electron chi connectivity index (χ0n) is 17.7. The molecule has 0 bridgehead atoms. The highest BCUT2D eigenvalue weighted by atomic mass is 32.1. The first kappa shape index (κ1) is 21.1. The minimum atomic E-state index is -0.0695. The van der Waals surface area contributed by atoms with Gasteiger partial charge in [-0.05, 0) is 64.6 Å². The smallest absolute Gasteiger partial charge is 0.321 e. The number of likely N-dealkylation sites (tertiary alicyclic amines) is 1. The average molecular weight is 434 g/mol. The highest BCUT2D eigenvalue weighted by Gasteiger charge is 2.24. The second kappa shape index (κ2) is 10.3. The van der Waals surface area contributed by atoms with Crippen LogP contribution in [0.3, 0.4) is 0 Å². The molecule has 1 aliphatic heterocycles. The highest BCUT2D eigenvalue weighted by molar-refractivity contribution is 7.07. The lowest BCUT2D eigenvalue weighted by molar-refractivity contribution is 0.198. The van der Waals surface area contributed by atoms with E-state index in [0.29, 0.717) is 25.6 Å². The Labute approximate surface area is 187 Å². The van der Waals surface area contributed by atoms with E-state index in [2.05, 4.69) is 52.3 Å². The van der Waals surface area contributed by atoms with E-state index in [1.165, 1.54) is 11.1 Å². The molecule has 1 atom stereocenters. The summed E-state index contributed by atoms with van der Waals surface area (Å²) in [4.78, 5) is 18.5. The number of aromatic nitrogens is 1. The molecule has 3 heterocycles. The van der Waals surface area contributed by atoms with Crippen LogP contribution in [-0.4, -0.2) is 35.6 Å². The fraction of sp³-hybridized carbons (Fsp3) is 0.280. The van der Waals surface area contributed by atoms with Crippen LogP contribution in [0.1, 0.15) is 24.5 Å². The summed E-state index contributed by atoms with van der Waals surface area (Å²) in [7, 11) is 0. The predicted molar refractivity (Wildman–Crippen MR) is 127 cm³/mol. The van der Waals surface area contributed by atoms with Gasteiger partial charge in [-0.25, -0.2) is 4.79 Å². The minimum absolute atomic E-state index is 0.0695. The Hall–Kier alpha value is -3.12. The molecule has 1 fully saturated rings. The van der Waals surface area contributed by atoms with Crippen molar-refractivity contribution in [3.63, 3.8) is 0 Å². The molecule has 1 unspecified atom stereocenters. The summed E-state index contributed by atoms with van der Waals surface area (Å²) in [6.07, 6.45) is 7.38. The number of nitrogens with zero attached hydrogens (tertiary/aromatic N) is 2. The van der Waals surface area contributed by atoms with E-state index >= 15 is 0 Å². The lowest BCUT2D eigenvalue weighted by atomic mass is 9.91. The van der Waals surface area contributed by atoms with Gasteiger partial charge in [0.05, 0.1) is 18.5 Å². The molecule has 0 spiro atoms. The van der Waals surface area contributed by atoms with Crippen LogP contribution < -0.4 is 10.1 Å². The van der Waals surface area contributed by atoms with Gasteiger partial charge in [0.2, 0.25) is 0 Å². The number of thiophene rings is 1. The zero-order valence-corrected chi connectivity index (χ0v) is 18.5. The maximum absolute atomic E-state index is 12.6. The number of amides is 2. The summed E-state index contributed by atoms with van der Waals surface area (Å²) in [5.74, 6) is 1.20. The molecule has 6 heteroatoms. The molecule has 2 amide bonds. The molecule has 5 nitrogen and oxygen atoms in total. The van der Waals surface area contributed by atoms with Gasteiger partial charge in [-0.15, -0.1) is 0 Å². The quantitative estimate of drug-likeness (QED) is 0.541. The van der Waals surface area contributed by atoms with E-state index < -0.39 is 0 Å². The standard InChI is InChI=1S/C25H27N3O2S/c1-19-17-28(25(29)27-23-5-3-10-26-16-23)11-7-22(19)14-21-4-2-6-24(15-21)30-12-8-20-9-13-31-18-20/h2-6,9-10,13-16,18-19H,7-8,11-12,17H2,1H3,(H,27,29). The van der Waals surface area contributed by atoms with E-state index in [-0.39, 0.29) is 6.03 Å². The molecule has 0 aliphatic carbocycles. The fourth-order valence-corrected chi connectivity index (χ4v) is 4.42. The molecule has 1 aromatic carbocycles. The Morgan fingerprint density at radius 1 is 1.32 bits per heavy atom. The van der Waals surface area contributed by atoms with E-state index in [1.54, 1.807) is 23.7 Å². The Morgan fingerprint density at radius 3 is 3.03 bits per heavy atom. The van der Waals surface area contributed by atoms with Gasteiger partial charge < -0.3 is 15.0 Å². The molecule has 4 rings (SSSR count). The molecule has 0 saturated carbocycles. The highest BCUT2D eigenvalue weighted by Crippen LogP contribution is 2.26. The van der Waals surface area contributed by atoms with E-state index in [9.17, 15) is 4.79 Å². The van der Waals surface area contributed by atoms with Crippen molar-refractivity contribution in [1.82, 2.24) is 9.88 Å². The molecule has 1 saturated heterocycles. The van der Waals surface area contributed by atoms with Crippen LogP contribution in [0.5, 0.6) is 5.75 Å². The monoisotopic (exact) mass is 433 g/mol. The van der Waals surface area contributed by atoms with Crippen molar-refractivity contribution in [2.24, 2.45) is 5.92 Å². The number of urea groups is 1. The summed E-state index contributed by atoms with van der Waals surface area (Å²) in [5.41, 5.74) is 4.54. The number of hydrogen-bond donors (Lipinski definition) is 1. The number of hydrogen-bond acceptors (Lipinski definition) is 4. The maximum atomic E-state index is 12.6. The summed E-state index contributed by atoms with van der Waals surface area (Å²) < 4.78 is 5.95. The van der Waals surface area contributed by atoms with Crippen LogP contribution in [-0.2, 0) is 6.42 Å². The second-order valence-corrected chi connectivity index (χ2v) is 8.57.